The fourth-order valence-electron chi connectivity index (χ4n) is 2.14. The van der Waals surface area contributed by atoms with Gasteiger partial charge in [0.2, 0.25) is 10.0 Å². The van der Waals surface area contributed by atoms with E-state index in [-0.39, 0.29) is 18.0 Å². The number of nitrogens with one attached hydrogen (secondary N) is 1. The fraction of sp³-hybridized carbons (Fsp3) is 0.133. The lowest BCUT2D eigenvalue weighted by molar-refractivity contribution is 0.504. The van der Waals surface area contributed by atoms with Crippen LogP contribution in [0.3, 0.4) is 0 Å². The number of hydrogen-bond donors (Lipinski definition) is 1. The lowest BCUT2D eigenvalue weighted by Gasteiger charge is -2.09. The molecule has 0 saturated heterocycles. The van der Waals surface area contributed by atoms with Crippen molar-refractivity contribution in [1.82, 2.24) is 24.2 Å². The van der Waals surface area contributed by atoms with Gasteiger partial charge in [0, 0.05) is 37.9 Å². The Bertz CT molecular complexity index is 977. The van der Waals surface area contributed by atoms with Crippen LogP contribution in [0.1, 0.15) is 0 Å². The third kappa shape index (κ3) is 3.86. The number of aromatic nitrogens is 4. The summed E-state index contributed by atoms with van der Waals surface area (Å²) in [5.41, 5.74) is 0. The van der Waals surface area contributed by atoms with Gasteiger partial charge in [0.15, 0.2) is 23.3 Å². The minimum atomic E-state index is -3.95. The number of halogens is 2. The molecule has 0 bridgehead atoms. The van der Waals surface area contributed by atoms with Crippen LogP contribution in [0, 0.1) is 11.6 Å². The lowest BCUT2D eigenvalue weighted by Crippen LogP contribution is -2.27. The Hall–Kier alpha value is -2.72. The lowest BCUT2D eigenvalue weighted by atomic mass is 10.3. The molecule has 0 amide bonds. The van der Waals surface area contributed by atoms with Crippen molar-refractivity contribution in [1.29, 1.82) is 0 Å². The molecule has 2 heterocycles. The van der Waals surface area contributed by atoms with E-state index in [1.165, 1.54) is 0 Å². The molecule has 0 radical (unpaired) electrons. The van der Waals surface area contributed by atoms with Crippen molar-refractivity contribution in [3.8, 4) is 11.6 Å². The first kappa shape index (κ1) is 17.1. The summed E-state index contributed by atoms with van der Waals surface area (Å²) in [5, 5.41) is 0. The van der Waals surface area contributed by atoms with Crippen molar-refractivity contribution in [3.63, 3.8) is 0 Å². The predicted octanol–water partition coefficient (Wildman–Crippen LogP) is 1.60. The number of benzene rings is 1. The van der Waals surface area contributed by atoms with Gasteiger partial charge in [-0.1, -0.05) is 0 Å². The molecule has 3 rings (SSSR count). The Labute approximate surface area is 142 Å². The molecule has 130 valence electrons. The van der Waals surface area contributed by atoms with Crippen molar-refractivity contribution in [2.75, 3.05) is 6.54 Å². The van der Waals surface area contributed by atoms with Crippen molar-refractivity contribution in [2.24, 2.45) is 0 Å². The molecule has 1 aromatic carbocycles. The molecule has 7 nitrogen and oxygen atoms in total. The molecule has 0 fully saturated rings. The minimum absolute atomic E-state index is 0.0253. The van der Waals surface area contributed by atoms with E-state index in [0.29, 0.717) is 17.7 Å². The van der Waals surface area contributed by atoms with Gasteiger partial charge in [0.25, 0.3) is 0 Å². The van der Waals surface area contributed by atoms with Gasteiger partial charge in [-0.2, -0.15) is 0 Å². The molecular weight excluding hydrogens is 352 g/mol. The summed E-state index contributed by atoms with van der Waals surface area (Å²) in [5.74, 6) is -1.42. The zero-order valence-corrected chi connectivity index (χ0v) is 13.6. The van der Waals surface area contributed by atoms with Gasteiger partial charge in [-0.25, -0.2) is 36.9 Å². The summed E-state index contributed by atoms with van der Waals surface area (Å²) in [7, 11) is -3.95. The van der Waals surface area contributed by atoms with Crippen LogP contribution in [0.4, 0.5) is 8.78 Å². The van der Waals surface area contributed by atoms with E-state index in [4.69, 9.17) is 0 Å². The summed E-state index contributed by atoms with van der Waals surface area (Å²) in [6.45, 7) is 0.286. The molecule has 25 heavy (non-hydrogen) atoms. The molecule has 2 aromatic heterocycles. The van der Waals surface area contributed by atoms with E-state index >= 15 is 0 Å². The SMILES string of the molecule is O=S(=O)(NCCn1ccnc1-c1ncccn1)c1ccc(F)c(F)c1. The van der Waals surface area contributed by atoms with Crippen LogP contribution < -0.4 is 4.72 Å². The maximum absolute atomic E-state index is 13.2. The second-order valence-corrected chi connectivity index (χ2v) is 6.76. The highest BCUT2D eigenvalue weighted by atomic mass is 32.2. The number of imidazole rings is 1. The van der Waals surface area contributed by atoms with E-state index in [1.807, 2.05) is 0 Å². The normalized spacial score (nSPS) is 11.6. The summed E-state index contributed by atoms with van der Waals surface area (Å²) >= 11 is 0. The third-order valence-corrected chi connectivity index (χ3v) is 4.79. The number of hydrogen-bond acceptors (Lipinski definition) is 5. The Kier molecular flexibility index (Phi) is 4.81. The summed E-state index contributed by atoms with van der Waals surface area (Å²) < 4.78 is 54.4. The van der Waals surface area contributed by atoms with Gasteiger partial charge in [-0.05, 0) is 24.3 Å². The van der Waals surface area contributed by atoms with Gasteiger partial charge >= 0.3 is 0 Å². The second-order valence-electron chi connectivity index (χ2n) is 4.99. The molecular formula is C15H13F2N5O2S. The first-order chi connectivity index (χ1) is 12.0. The maximum Gasteiger partial charge on any atom is 0.240 e. The minimum Gasteiger partial charge on any atom is -0.327 e. The maximum atomic E-state index is 13.2. The first-order valence-electron chi connectivity index (χ1n) is 7.20. The largest absolute Gasteiger partial charge is 0.327 e. The monoisotopic (exact) mass is 365 g/mol. The summed E-state index contributed by atoms with van der Waals surface area (Å²) in [6.07, 6.45) is 6.37. The molecule has 0 spiro atoms. The molecule has 0 aliphatic rings. The molecule has 0 saturated carbocycles. The van der Waals surface area contributed by atoms with Crippen molar-refractivity contribution in [2.45, 2.75) is 11.4 Å². The third-order valence-electron chi connectivity index (χ3n) is 3.33. The summed E-state index contributed by atoms with van der Waals surface area (Å²) in [4.78, 5) is 12.0. The zero-order valence-electron chi connectivity index (χ0n) is 12.8. The highest BCUT2D eigenvalue weighted by molar-refractivity contribution is 7.89. The molecule has 0 unspecified atom stereocenters. The van der Waals surface area contributed by atoms with Crippen LogP contribution in [-0.4, -0.2) is 34.5 Å². The van der Waals surface area contributed by atoms with Crippen LogP contribution in [0.15, 0.2) is 53.9 Å². The van der Waals surface area contributed by atoms with Gasteiger partial charge in [-0.3, -0.25) is 0 Å². The summed E-state index contributed by atoms with van der Waals surface area (Å²) in [6, 6.07) is 4.08. The smallest absolute Gasteiger partial charge is 0.240 e. The Balaban J connectivity index is 1.69. The predicted molar refractivity (Wildman–Crippen MR) is 84.8 cm³/mol. The van der Waals surface area contributed by atoms with Crippen molar-refractivity contribution < 1.29 is 17.2 Å². The van der Waals surface area contributed by atoms with Gasteiger partial charge in [0.05, 0.1) is 4.90 Å². The van der Waals surface area contributed by atoms with Crippen LogP contribution in [-0.2, 0) is 16.6 Å². The molecule has 0 aliphatic carbocycles. The second kappa shape index (κ2) is 7.03. The molecule has 0 atom stereocenters. The van der Waals surface area contributed by atoms with Gasteiger partial charge in [-0.15, -0.1) is 0 Å². The highest BCUT2D eigenvalue weighted by Gasteiger charge is 2.16. The molecule has 3 aromatic rings. The zero-order chi connectivity index (χ0) is 17.9. The molecule has 1 N–H and O–H groups in total. The van der Waals surface area contributed by atoms with Crippen molar-refractivity contribution in [3.05, 3.63) is 60.7 Å². The van der Waals surface area contributed by atoms with Gasteiger partial charge < -0.3 is 4.57 Å². The number of rotatable bonds is 6. The topological polar surface area (TPSA) is 89.8 Å². The van der Waals surface area contributed by atoms with Crippen molar-refractivity contribution >= 4 is 10.0 Å². The highest BCUT2D eigenvalue weighted by Crippen LogP contribution is 2.14. The number of nitrogens with zero attached hydrogens (tertiary/aromatic N) is 4. The Morgan fingerprint density at radius 2 is 1.80 bits per heavy atom. The van der Waals surface area contributed by atoms with Crippen LogP contribution >= 0.6 is 0 Å². The van der Waals surface area contributed by atoms with Crippen LogP contribution in [0.5, 0.6) is 0 Å². The molecule has 0 aliphatic heterocycles. The van der Waals surface area contributed by atoms with Gasteiger partial charge in [0.1, 0.15) is 0 Å². The van der Waals surface area contributed by atoms with Crippen LogP contribution in [0.25, 0.3) is 11.6 Å². The average Bonchev–Trinajstić information content (AvgIpc) is 3.06. The van der Waals surface area contributed by atoms with E-state index in [0.717, 1.165) is 12.1 Å². The van der Waals surface area contributed by atoms with Crippen LogP contribution in [0.2, 0.25) is 0 Å². The standard InChI is InChI=1S/C15H13F2N5O2S/c16-12-3-2-11(10-13(12)17)25(23,24)21-7-9-22-8-6-20-15(22)14-18-4-1-5-19-14/h1-6,8,10,21H,7,9H2. The quantitative estimate of drug-likeness (QED) is 0.717. The van der Waals surface area contributed by atoms with E-state index in [1.54, 1.807) is 35.4 Å². The van der Waals surface area contributed by atoms with E-state index in [2.05, 4.69) is 19.7 Å². The van der Waals surface area contributed by atoms with E-state index in [9.17, 15) is 17.2 Å². The average molecular weight is 365 g/mol. The number of sulfonamides is 1. The van der Waals surface area contributed by atoms with E-state index < -0.39 is 21.7 Å². The fourth-order valence-corrected chi connectivity index (χ4v) is 3.17. The Morgan fingerprint density at radius 1 is 1.04 bits per heavy atom. The first-order valence-corrected chi connectivity index (χ1v) is 8.69. The molecule has 10 heteroatoms. The Morgan fingerprint density at radius 3 is 2.52 bits per heavy atom.